The lowest BCUT2D eigenvalue weighted by atomic mass is 9.84. The van der Waals surface area contributed by atoms with Crippen molar-refractivity contribution in [1.29, 1.82) is 0 Å². The summed E-state index contributed by atoms with van der Waals surface area (Å²) in [7, 11) is -3.29. The van der Waals surface area contributed by atoms with Crippen molar-refractivity contribution in [1.82, 2.24) is 14.3 Å². The zero-order valence-electron chi connectivity index (χ0n) is 19.1. The van der Waals surface area contributed by atoms with E-state index in [1.165, 1.54) is 28.2 Å². The Bertz CT molecular complexity index is 1630. The maximum Gasteiger partial charge on any atom is 0.332 e. The second-order valence-corrected chi connectivity index (χ2v) is 12.3. The van der Waals surface area contributed by atoms with Gasteiger partial charge >= 0.3 is 5.69 Å². The summed E-state index contributed by atoms with van der Waals surface area (Å²) in [6.45, 7) is 6.35. The van der Waals surface area contributed by atoms with E-state index in [9.17, 15) is 18.0 Å². The fourth-order valence-electron chi connectivity index (χ4n) is 3.72. The SMILES string of the molecule is CC(C)(C)c1cc(-n2ccc(=O)[nH]c2=O)cc(-c2ccc3c(CNS(C)(=O)=O)csc3c2)c1Cl. The summed E-state index contributed by atoms with van der Waals surface area (Å²) in [5.41, 5.74) is 2.68. The second-order valence-electron chi connectivity index (χ2n) is 9.15. The van der Waals surface area contributed by atoms with Crippen LogP contribution in [0.2, 0.25) is 5.02 Å². The summed E-state index contributed by atoms with van der Waals surface area (Å²) in [5, 5.41) is 3.49. The van der Waals surface area contributed by atoms with Gasteiger partial charge in [0.15, 0.2) is 0 Å². The van der Waals surface area contributed by atoms with E-state index in [1.807, 2.05) is 56.5 Å². The van der Waals surface area contributed by atoms with Crippen LogP contribution in [0, 0.1) is 0 Å². The van der Waals surface area contributed by atoms with Crippen molar-refractivity contribution in [2.24, 2.45) is 0 Å². The predicted molar refractivity (Wildman–Crippen MR) is 139 cm³/mol. The molecule has 4 rings (SSSR count). The van der Waals surface area contributed by atoms with Gasteiger partial charge in [-0.05, 0) is 51.1 Å². The Hall–Kier alpha value is -2.72. The molecule has 2 aromatic heterocycles. The van der Waals surface area contributed by atoms with Gasteiger partial charge in [0.25, 0.3) is 5.56 Å². The molecular formula is C24H24ClN3O4S2. The maximum absolute atomic E-state index is 12.5. The molecule has 0 saturated carbocycles. The Balaban J connectivity index is 1.88. The van der Waals surface area contributed by atoms with Crippen LogP contribution in [0.15, 0.2) is 57.6 Å². The van der Waals surface area contributed by atoms with Gasteiger partial charge in [-0.15, -0.1) is 11.3 Å². The summed E-state index contributed by atoms with van der Waals surface area (Å²) in [4.78, 5) is 26.3. The van der Waals surface area contributed by atoms with Crippen molar-refractivity contribution in [2.45, 2.75) is 32.7 Å². The highest BCUT2D eigenvalue weighted by Gasteiger charge is 2.22. The van der Waals surface area contributed by atoms with Crippen LogP contribution in [0.5, 0.6) is 0 Å². The van der Waals surface area contributed by atoms with Crippen LogP contribution in [0.25, 0.3) is 26.9 Å². The molecule has 10 heteroatoms. The largest absolute Gasteiger partial charge is 0.332 e. The number of benzene rings is 2. The predicted octanol–water partition coefficient (Wildman–Crippen LogP) is 4.41. The first-order valence-corrected chi connectivity index (χ1v) is 13.6. The Kier molecular flexibility index (Phi) is 6.32. The summed E-state index contributed by atoms with van der Waals surface area (Å²) < 4.78 is 27.9. The Morgan fingerprint density at radius 1 is 1.12 bits per heavy atom. The van der Waals surface area contributed by atoms with E-state index in [4.69, 9.17) is 11.6 Å². The molecule has 2 heterocycles. The molecule has 0 unspecified atom stereocenters. The van der Waals surface area contributed by atoms with E-state index >= 15 is 0 Å². The molecule has 0 amide bonds. The minimum Gasteiger partial charge on any atom is -0.274 e. The van der Waals surface area contributed by atoms with Gasteiger partial charge in [-0.1, -0.05) is 44.5 Å². The quantitative estimate of drug-likeness (QED) is 0.409. The number of thiophene rings is 1. The normalized spacial score (nSPS) is 12.4. The molecule has 4 aromatic rings. The lowest BCUT2D eigenvalue weighted by Gasteiger charge is -2.24. The monoisotopic (exact) mass is 517 g/mol. The van der Waals surface area contributed by atoms with Crippen LogP contribution in [-0.2, 0) is 22.0 Å². The number of nitrogens with one attached hydrogen (secondary N) is 2. The summed E-state index contributed by atoms with van der Waals surface area (Å²) in [5.74, 6) is 0. The molecule has 0 aliphatic heterocycles. The molecule has 0 atom stereocenters. The smallest absolute Gasteiger partial charge is 0.274 e. The molecule has 0 fully saturated rings. The van der Waals surface area contributed by atoms with Gasteiger partial charge < -0.3 is 0 Å². The first-order chi connectivity index (χ1) is 15.8. The minimum atomic E-state index is -3.29. The van der Waals surface area contributed by atoms with Gasteiger partial charge in [0.05, 0.1) is 17.0 Å². The fourth-order valence-corrected chi connectivity index (χ4v) is 5.64. The standard InChI is InChI=1S/C24H24ClN3O4S2/c1-24(2,3)19-11-16(28-8-7-21(29)27-23(28)30)10-18(22(19)25)14-5-6-17-15(12-26-34(4,31)32)13-33-20(17)9-14/h5-11,13,26H,12H2,1-4H3,(H,27,29,30). The van der Waals surface area contributed by atoms with Gasteiger partial charge in [-0.25, -0.2) is 17.9 Å². The average molecular weight is 518 g/mol. The zero-order valence-corrected chi connectivity index (χ0v) is 21.5. The van der Waals surface area contributed by atoms with Crippen LogP contribution in [-0.4, -0.2) is 24.2 Å². The van der Waals surface area contributed by atoms with Crippen molar-refractivity contribution in [3.63, 3.8) is 0 Å². The highest BCUT2D eigenvalue weighted by molar-refractivity contribution is 7.88. The molecule has 2 aromatic carbocycles. The van der Waals surface area contributed by atoms with E-state index in [2.05, 4.69) is 9.71 Å². The third-order valence-corrected chi connectivity index (χ3v) is 7.53. The number of rotatable bonds is 5. The number of sulfonamides is 1. The molecule has 0 radical (unpaired) electrons. The molecule has 0 bridgehead atoms. The number of aromatic amines is 1. The van der Waals surface area contributed by atoms with Crippen molar-refractivity contribution >= 4 is 43.0 Å². The Labute approximate surface area is 206 Å². The van der Waals surface area contributed by atoms with E-state index < -0.39 is 21.3 Å². The van der Waals surface area contributed by atoms with Gasteiger partial charge in [-0.3, -0.25) is 14.3 Å². The molecular weight excluding hydrogens is 494 g/mol. The summed E-state index contributed by atoms with van der Waals surface area (Å²) in [6.07, 6.45) is 2.58. The number of hydrogen-bond acceptors (Lipinski definition) is 5. The lowest BCUT2D eigenvalue weighted by Crippen LogP contribution is -2.27. The number of aromatic nitrogens is 2. The molecule has 0 spiro atoms. The first kappa shape index (κ1) is 24.4. The minimum absolute atomic E-state index is 0.220. The van der Waals surface area contributed by atoms with Crippen molar-refractivity contribution in [3.05, 3.63) is 85.0 Å². The molecule has 7 nitrogen and oxygen atoms in total. The third kappa shape index (κ3) is 5.02. The van der Waals surface area contributed by atoms with E-state index in [0.717, 1.165) is 38.6 Å². The molecule has 0 saturated heterocycles. The molecule has 0 aliphatic carbocycles. The Morgan fingerprint density at radius 2 is 1.85 bits per heavy atom. The topological polar surface area (TPSA) is 101 Å². The molecule has 34 heavy (non-hydrogen) atoms. The zero-order chi connectivity index (χ0) is 24.8. The second kappa shape index (κ2) is 8.81. The lowest BCUT2D eigenvalue weighted by molar-refractivity contribution is 0.587. The van der Waals surface area contributed by atoms with E-state index in [1.54, 1.807) is 0 Å². The number of hydrogen-bond donors (Lipinski definition) is 2. The maximum atomic E-state index is 12.5. The van der Waals surface area contributed by atoms with E-state index in [0.29, 0.717) is 10.7 Å². The average Bonchev–Trinajstić information content (AvgIpc) is 3.13. The number of halogens is 1. The highest BCUT2D eigenvalue weighted by Crippen LogP contribution is 2.40. The van der Waals surface area contributed by atoms with Crippen LogP contribution in [0.3, 0.4) is 0 Å². The Morgan fingerprint density at radius 3 is 2.50 bits per heavy atom. The first-order valence-electron chi connectivity index (χ1n) is 10.4. The number of H-pyrrole nitrogens is 1. The van der Waals surface area contributed by atoms with Crippen LogP contribution in [0.1, 0.15) is 31.9 Å². The number of nitrogens with zero attached hydrogens (tertiary/aromatic N) is 1. The molecule has 0 aliphatic rings. The van der Waals surface area contributed by atoms with Gasteiger partial charge in [0.2, 0.25) is 10.0 Å². The fraction of sp³-hybridized carbons (Fsp3) is 0.250. The summed E-state index contributed by atoms with van der Waals surface area (Å²) >= 11 is 8.41. The van der Waals surface area contributed by atoms with Crippen LogP contribution in [0.4, 0.5) is 0 Å². The van der Waals surface area contributed by atoms with E-state index in [-0.39, 0.29) is 12.0 Å². The van der Waals surface area contributed by atoms with Crippen molar-refractivity contribution in [2.75, 3.05) is 6.26 Å². The van der Waals surface area contributed by atoms with Crippen molar-refractivity contribution < 1.29 is 8.42 Å². The highest BCUT2D eigenvalue weighted by atomic mass is 35.5. The molecule has 178 valence electrons. The van der Waals surface area contributed by atoms with Gasteiger partial charge in [0, 0.05) is 29.1 Å². The summed E-state index contributed by atoms with van der Waals surface area (Å²) in [6, 6.07) is 10.9. The van der Waals surface area contributed by atoms with Gasteiger partial charge in [0.1, 0.15) is 0 Å². The van der Waals surface area contributed by atoms with Gasteiger partial charge in [-0.2, -0.15) is 0 Å². The third-order valence-electron chi connectivity index (χ3n) is 5.46. The molecule has 2 N–H and O–H groups in total. The number of fused-ring (bicyclic) bond motifs is 1. The van der Waals surface area contributed by atoms with Crippen molar-refractivity contribution in [3.8, 4) is 16.8 Å². The van der Waals surface area contributed by atoms with Crippen LogP contribution < -0.4 is 16.0 Å². The van der Waals surface area contributed by atoms with Crippen LogP contribution >= 0.6 is 22.9 Å².